The van der Waals surface area contributed by atoms with Crippen LogP contribution in [0, 0.1) is 15.0 Å². The molecule has 2 N–H and O–H groups in total. The SMILES string of the molecule is O=Nc1cccc(OC(=O)c2cc(B(O)O)cc([N+](=O)[O-])c2)c1. The first-order valence-corrected chi connectivity index (χ1v) is 6.22. The Bertz CT molecular complexity index is 779. The van der Waals surface area contributed by atoms with Crippen molar-refractivity contribution in [1.29, 1.82) is 0 Å². The lowest BCUT2D eigenvalue weighted by molar-refractivity contribution is -0.384. The Morgan fingerprint density at radius 1 is 1.22 bits per heavy atom. The molecule has 2 aromatic carbocycles. The number of nitroso groups, excluding NO2 is 1. The van der Waals surface area contributed by atoms with Crippen molar-refractivity contribution in [3.63, 3.8) is 0 Å². The van der Waals surface area contributed by atoms with E-state index in [4.69, 9.17) is 14.8 Å². The third-order valence-electron chi connectivity index (χ3n) is 2.82. The van der Waals surface area contributed by atoms with Gasteiger partial charge in [-0.15, -0.1) is 4.91 Å². The van der Waals surface area contributed by atoms with E-state index in [1.807, 2.05) is 0 Å². The molecular weight excluding hydrogens is 307 g/mol. The van der Waals surface area contributed by atoms with Crippen LogP contribution in [-0.4, -0.2) is 28.1 Å². The minimum absolute atomic E-state index is 0.0182. The molecule has 0 fully saturated rings. The lowest BCUT2D eigenvalue weighted by Crippen LogP contribution is -2.31. The van der Waals surface area contributed by atoms with Gasteiger partial charge in [0, 0.05) is 18.2 Å². The predicted octanol–water partition coefficient (Wildman–Crippen LogP) is 0.892. The highest BCUT2D eigenvalue weighted by molar-refractivity contribution is 6.58. The molecule has 0 unspecified atom stereocenters. The normalized spacial score (nSPS) is 10.0. The standard InChI is InChI=1S/C13H9BN2O7/c17-13(23-12-3-1-2-10(7-12)15-20)8-4-9(14(18)19)6-11(5-8)16(21)22/h1-7,18-19H. The number of hydrogen-bond donors (Lipinski definition) is 2. The van der Waals surface area contributed by atoms with E-state index in [-0.39, 0.29) is 22.5 Å². The molecule has 0 amide bonds. The molecule has 0 heterocycles. The number of carbonyl (C=O) groups is 1. The molecule has 2 aromatic rings. The van der Waals surface area contributed by atoms with Crippen molar-refractivity contribution in [3.05, 3.63) is 63.0 Å². The summed E-state index contributed by atoms with van der Waals surface area (Å²) in [6, 6.07) is 8.37. The number of nitro groups is 1. The van der Waals surface area contributed by atoms with Crippen LogP contribution in [0.4, 0.5) is 11.4 Å². The summed E-state index contributed by atoms with van der Waals surface area (Å²) in [4.78, 5) is 32.5. The summed E-state index contributed by atoms with van der Waals surface area (Å²) in [5.41, 5.74) is -0.923. The molecule has 0 saturated carbocycles. The van der Waals surface area contributed by atoms with Gasteiger partial charge in [-0.05, 0) is 28.8 Å². The van der Waals surface area contributed by atoms with Gasteiger partial charge in [0.2, 0.25) is 0 Å². The summed E-state index contributed by atoms with van der Waals surface area (Å²) in [7, 11) is -1.98. The van der Waals surface area contributed by atoms with Crippen molar-refractivity contribution in [2.24, 2.45) is 5.18 Å². The molecule has 0 bridgehead atoms. The summed E-state index contributed by atoms with van der Waals surface area (Å²) in [6.07, 6.45) is 0. The summed E-state index contributed by atoms with van der Waals surface area (Å²) in [5.74, 6) is -0.941. The predicted molar refractivity (Wildman–Crippen MR) is 79.8 cm³/mol. The molecule has 23 heavy (non-hydrogen) atoms. The number of hydrogen-bond acceptors (Lipinski definition) is 8. The fourth-order valence-electron chi connectivity index (χ4n) is 1.78. The van der Waals surface area contributed by atoms with Gasteiger partial charge < -0.3 is 14.8 Å². The summed E-state index contributed by atoms with van der Waals surface area (Å²) >= 11 is 0. The topological polar surface area (TPSA) is 139 Å². The van der Waals surface area contributed by atoms with Gasteiger partial charge in [0.05, 0.1) is 10.5 Å². The maximum absolute atomic E-state index is 12.0. The molecule has 0 atom stereocenters. The van der Waals surface area contributed by atoms with Gasteiger partial charge in [-0.1, -0.05) is 6.07 Å². The Morgan fingerprint density at radius 3 is 2.57 bits per heavy atom. The largest absolute Gasteiger partial charge is 0.488 e. The van der Waals surface area contributed by atoms with Crippen LogP contribution in [0.15, 0.2) is 47.6 Å². The lowest BCUT2D eigenvalue weighted by Gasteiger charge is -2.06. The summed E-state index contributed by atoms with van der Waals surface area (Å²) < 4.78 is 4.99. The third-order valence-corrected chi connectivity index (χ3v) is 2.82. The molecule has 0 saturated heterocycles. The first kappa shape index (κ1) is 16.3. The molecule has 0 aliphatic rings. The quantitative estimate of drug-likeness (QED) is 0.208. The van der Waals surface area contributed by atoms with E-state index in [9.17, 15) is 19.8 Å². The van der Waals surface area contributed by atoms with Gasteiger partial charge in [0.25, 0.3) is 5.69 Å². The van der Waals surface area contributed by atoms with Crippen molar-refractivity contribution < 1.29 is 24.5 Å². The number of carbonyl (C=O) groups excluding carboxylic acids is 1. The van der Waals surface area contributed by atoms with E-state index in [1.165, 1.54) is 24.3 Å². The van der Waals surface area contributed by atoms with Crippen LogP contribution in [-0.2, 0) is 0 Å². The second-order valence-corrected chi connectivity index (χ2v) is 4.42. The maximum Gasteiger partial charge on any atom is 0.488 e. The van der Waals surface area contributed by atoms with Crippen molar-refractivity contribution in [3.8, 4) is 5.75 Å². The Kier molecular flexibility index (Phi) is 4.79. The minimum Gasteiger partial charge on any atom is -0.423 e. The van der Waals surface area contributed by atoms with E-state index in [2.05, 4.69) is 5.18 Å². The first-order chi connectivity index (χ1) is 10.9. The van der Waals surface area contributed by atoms with Crippen LogP contribution in [0.3, 0.4) is 0 Å². The van der Waals surface area contributed by atoms with Gasteiger partial charge in [-0.2, -0.15) is 0 Å². The summed E-state index contributed by atoms with van der Waals surface area (Å²) in [5, 5.41) is 31.8. The lowest BCUT2D eigenvalue weighted by atomic mass is 9.79. The highest BCUT2D eigenvalue weighted by Gasteiger charge is 2.21. The van der Waals surface area contributed by atoms with Gasteiger partial charge >= 0.3 is 13.1 Å². The average molecular weight is 316 g/mol. The molecule has 9 nitrogen and oxygen atoms in total. The molecular formula is C13H9BN2O7. The zero-order valence-corrected chi connectivity index (χ0v) is 11.4. The number of non-ortho nitro benzene ring substituents is 1. The molecule has 116 valence electrons. The van der Waals surface area contributed by atoms with Gasteiger partial charge in [-0.25, -0.2) is 4.79 Å². The number of nitro benzene ring substituents is 1. The number of ether oxygens (including phenoxy) is 1. The number of nitrogens with zero attached hydrogens (tertiary/aromatic N) is 2. The molecule has 2 rings (SSSR count). The number of esters is 1. The fraction of sp³-hybridized carbons (Fsp3) is 0. The van der Waals surface area contributed by atoms with E-state index >= 15 is 0 Å². The molecule has 10 heteroatoms. The van der Waals surface area contributed by atoms with Crippen LogP contribution in [0.1, 0.15) is 10.4 Å². The van der Waals surface area contributed by atoms with E-state index in [1.54, 1.807) is 0 Å². The van der Waals surface area contributed by atoms with Crippen LogP contribution >= 0.6 is 0 Å². The second kappa shape index (κ2) is 6.77. The van der Waals surface area contributed by atoms with E-state index in [0.29, 0.717) is 0 Å². The molecule has 0 aliphatic carbocycles. The first-order valence-electron chi connectivity index (χ1n) is 6.22. The zero-order valence-electron chi connectivity index (χ0n) is 11.4. The number of benzene rings is 2. The van der Waals surface area contributed by atoms with Crippen LogP contribution < -0.4 is 10.2 Å². The molecule has 0 spiro atoms. The van der Waals surface area contributed by atoms with Gasteiger partial charge in [-0.3, -0.25) is 10.1 Å². The van der Waals surface area contributed by atoms with Crippen molar-refractivity contribution in [1.82, 2.24) is 0 Å². The van der Waals surface area contributed by atoms with Crippen LogP contribution in [0.5, 0.6) is 5.75 Å². The van der Waals surface area contributed by atoms with Gasteiger partial charge in [0.1, 0.15) is 11.4 Å². The third kappa shape index (κ3) is 3.96. The highest BCUT2D eigenvalue weighted by atomic mass is 16.6. The molecule has 0 aromatic heterocycles. The molecule has 0 radical (unpaired) electrons. The Labute approximate surface area is 129 Å². The smallest absolute Gasteiger partial charge is 0.423 e. The maximum atomic E-state index is 12.0. The average Bonchev–Trinajstić information content (AvgIpc) is 2.54. The Morgan fingerprint density at radius 2 is 1.96 bits per heavy atom. The Hall–Kier alpha value is -3.11. The Balaban J connectivity index is 2.34. The minimum atomic E-state index is -1.98. The van der Waals surface area contributed by atoms with Crippen LogP contribution in [0.25, 0.3) is 0 Å². The van der Waals surface area contributed by atoms with Crippen molar-refractivity contribution in [2.45, 2.75) is 0 Å². The summed E-state index contributed by atoms with van der Waals surface area (Å²) in [6.45, 7) is 0. The number of rotatable bonds is 5. The van der Waals surface area contributed by atoms with Crippen molar-refractivity contribution >= 4 is 29.9 Å². The van der Waals surface area contributed by atoms with Gasteiger partial charge in [0.15, 0.2) is 0 Å². The molecule has 0 aliphatic heterocycles. The zero-order chi connectivity index (χ0) is 17.0. The van der Waals surface area contributed by atoms with Crippen molar-refractivity contribution in [2.75, 3.05) is 0 Å². The van der Waals surface area contributed by atoms with E-state index in [0.717, 1.165) is 18.2 Å². The highest BCUT2D eigenvalue weighted by Crippen LogP contribution is 2.21. The second-order valence-electron chi connectivity index (χ2n) is 4.42. The van der Waals surface area contributed by atoms with Crippen LogP contribution in [0.2, 0.25) is 0 Å². The fourth-order valence-corrected chi connectivity index (χ4v) is 1.78. The monoisotopic (exact) mass is 316 g/mol. The van der Waals surface area contributed by atoms with E-state index < -0.39 is 23.7 Å².